The predicted molar refractivity (Wildman–Crippen MR) is 202 cm³/mol. The van der Waals surface area contributed by atoms with Gasteiger partial charge < -0.3 is 54.8 Å². The molecule has 0 saturated carbocycles. The first kappa shape index (κ1) is 44.6. The number of rotatable bonds is 23. The molecule has 5 atom stereocenters. The number of hydrogen-bond acceptors (Lipinski definition) is 11. The van der Waals surface area contributed by atoms with Crippen LogP contribution in [0.15, 0.2) is 36.5 Å². The Labute approximate surface area is 312 Å². The number of carbonyl (C=O) groups is 6. The minimum absolute atomic E-state index is 0.0437. The second-order valence-electron chi connectivity index (χ2n) is 13.8. The Balaban J connectivity index is 2.16. The van der Waals surface area contributed by atoms with Gasteiger partial charge in [0, 0.05) is 18.9 Å². The quantitative estimate of drug-likeness (QED) is 0.0451. The molecule has 15 N–H and O–H groups in total. The Morgan fingerprint density at radius 1 is 0.906 bits per heavy atom. The lowest BCUT2D eigenvalue weighted by Gasteiger charge is -2.30. The van der Waals surface area contributed by atoms with Crippen LogP contribution >= 0.6 is 0 Å². The van der Waals surface area contributed by atoms with E-state index in [1.165, 1.54) is 11.1 Å². The van der Waals surface area contributed by atoms with Crippen LogP contribution in [-0.4, -0.2) is 97.0 Å². The van der Waals surface area contributed by atoms with Gasteiger partial charge in [-0.05, 0) is 81.3 Å². The van der Waals surface area contributed by atoms with E-state index in [2.05, 4.69) is 26.6 Å². The topological polar surface area (TPSA) is 296 Å². The van der Waals surface area contributed by atoms with Crippen molar-refractivity contribution in [2.45, 2.75) is 103 Å². The Morgan fingerprint density at radius 3 is 2.21 bits per heavy atom. The van der Waals surface area contributed by atoms with Crippen LogP contribution in [0.2, 0.25) is 0 Å². The van der Waals surface area contributed by atoms with Crippen LogP contribution in [0, 0.1) is 11.8 Å². The molecule has 17 heteroatoms. The molecule has 1 unspecified atom stereocenters. The number of carbonyl (C=O) groups excluding carboxylic acids is 6. The number of likely N-dealkylation sites (tertiary alicyclic amines) is 1. The molecule has 1 aromatic rings. The number of amides is 6. The lowest BCUT2D eigenvalue weighted by atomic mass is 9.97. The van der Waals surface area contributed by atoms with Crippen LogP contribution in [0.3, 0.4) is 0 Å². The third-order valence-electron chi connectivity index (χ3n) is 9.16. The third-order valence-corrected chi connectivity index (χ3v) is 9.16. The number of unbranched alkanes of at least 4 members (excludes halogenated alkanes) is 1. The summed E-state index contributed by atoms with van der Waals surface area (Å²) in [5.41, 5.74) is 29.5. The van der Waals surface area contributed by atoms with Crippen molar-refractivity contribution in [2.75, 3.05) is 26.2 Å². The summed E-state index contributed by atoms with van der Waals surface area (Å²) in [7, 11) is 0. The van der Waals surface area contributed by atoms with Crippen LogP contribution in [0.5, 0.6) is 0 Å². The summed E-state index contributed by atoms with van der Waals surface area (Å²) in [4.78, 5) is 80.4. The normalized spacial score (nSPS) is 16.8. The van der Waals surface area contributed by atoms with Gasteiger partial charge in [-0.3, -0.25) is 34.1 Å². The molecule has 0 radical (unpaired) electrons. The summed E-state index contributed by atoms with van der Waals surface area (Å²) < 4.78 is 0. The highest BCUT2D eigenvalue weighted by molar-refractivity contribution is 5.96. The van der Waals surface area contributed by atoms with Gasteiger partial charge in [-0.25, -0.2) is 0 Å². The van der Waals surface area contributed by atoms with E-state index in [1.807, 2.05) is 30.3 Å². The molecule has 53 heavy (non-hydrogen) atoms. The van der Waals surface area contributed by atoms with Gasteiger partial charge in [0.2, 0.25) is 35.4 Å². The zero-order valence-electron chi connectivity index (χ0n) is 31.3. The maximum atomic E-state index is 13.8. The second-order valence-corrected chi connectivity index (χ2v) is 13.8. The van der Waals surface area contributed by atoms with Gasteiger partial charge in [-0.2, -0.15) is 0 Å². The summed E-state index contributed by atoms with van der Waals surface area (Å²) in [5.74, 6) is -3.95. The lowest BCUT2D eigenvalue weighted by molar-refractivity contribution is -0.142. The van der Waals surface area contributed by atoms with E-state index in [4.69, 9.17) is 28.7 Å². The van der Waals surface area contributed by atoms with E-state index in [9.17, 15) is 28.8 Å². The fourth-order valence-corrected chi connectivity index (χ4v) is 6.09. The Morgan fingerprint density at radius 2 is 1.60 bits per heavy atom. The van der Waals surface area contributed by atoms with Crippen LogP contribution in [0.1, 0.15) is 77.7 Å². The number of nitrogens with one attached hydrogen (secondary N) is 5. The summed E-state index contributed by atoms with van der Waals surface area (Å²) >= 11 is 0. The van der Waals surface area contributed by atoms with Crippen LogP contribution in [-0.2, 0) is 28.8 Å². The molecule has 17 nitrogen and oxygen atoms in total. The maximum absolute atomic E-state index is 13.8. The van der Waals surface area contributed by atoms with E-state index in [1.54, 1.807) is 20.8 Å². The minimum Gasteiger partial charge on any atom is -0.404 e. The highest BCUT2D eigenvalue weighted by atomic mass is 16.2. The molecular weight excluding hydrogens is 682 g/mol. The van der Waals surface area contributed by atoms with Crippen molar-refractivity contribution in [3.63, 3.8) is 0 Å². The SMILES string of the molecule is CC(C)[C@H](NC(=O)C1CCCN1C(=O)[C@H](CCCCN)NC(=O)CNC(=O)[C@H](C/C(=C/N)c1ccccc1)NC(=O)[C@@H](C)CCCNC(N)N)C(N)=O. The molecule has 1 fully saturated rings. The second kappa shape index (κ2) is 23.2. The van der Waals surface area contributed by atoms with Crippen molar-refractivity contribution in [1.82, 2.24) is 31.5 Å². The van der Waals surface area contributed by atoms with Crippen molar-refractivity contribution in [1.29, 1.82) is 0 Å². The molecule has 2 rings (SSSR count). The monoisotopic (exact) mass is 743 g/mol. The lowest BCUT2D eigenvalue weighted by Crippen LogP contribution is -2.57. The van der Waals surface area contributed by atoms with Crippen LogP contribution < -0.4 is 55.3 Å². The Bertz CT molecular complexity index is 1390. The first-order valence-corrected chi connectivity index (χ1v) is 18.4. The molecule has 0 bridgehead atoms. The van der Waals surface area contributed by atoms with Gasteiger partial charge in [0.05, 0.1) is 6.54 Å². The Kier molecular flexibility index (Phi) is 19.5. The van der Waals surface area contributed by atoms with Gasteiger partial charge in [-0.15, -0.1) is 0 Å². The zero-order chi connectivity index (χ0) is 39.5. The molecule has 1 aliphatic heterocycles. The van der Waals surface area contributed by atoms with Crippen LogP contribution in [0.25, 0.3) is 5.57 Å². The standard InChI is InChI=1S/C36H61N11O6/c1-22(2)30(31(39)49)46-34(52)28-15-10-18-47(28)35(53)26(14-7-8-16-37)44-29(48)21-43-33(51)27(19-25(20-38)24-12-5-4-6-13-24)45-32(50)23(3)11-9-17-42-36(40)41/h4-6,12-13,20,22-23,26-28,30,36,42H,7-11,14-19,21,37-38,40-41H2,1-3H3,(H2,39,49)(H,43,51)(H,44,48)(H,45,50)(H,46,52)/b25-20-/t23-,26-,27-,28?,30-/m0/s1. The molecule has 0 spiro atoms. The fourth-order valence-electron chi connectivity index (χ4n) is 6.09. The fraction of sp³-hybridized carbons (Fsp3) is 0.611. The van der Waals surface area contributed by atoms with Gasteiger partial charge in [0.15, 0.2) is 0 Å². The molecule has 0 aliphatic carbocycles. The minimum atomic E-state index is -1.08. The average Bonchev–Trinajstić information content (AvgIpc) is 3.62. The van der Waals surface area contributed by atoms with Crippen molar-refractivity contribution >= 4 is 41.0 Å². The number of primary amides is 1. The summed E-state index contributed by atoms with van der Waals surface area (Å²) in [6.45, 7) is 5.95. The smallest absolute Gasteiger partial charge is 0.245 e. The Hall–Kier alpha value is -4.58. The average molecular weight is 744 g/mol. The van der Waals surface area contributed by atoms with E-state index in [0.717, 1.165) is 5.56 Å². The number of benzene rings is 1. The summed E-state index contributed by atoms with van der Waals surface area (Å²) in [5, 5.41) is 13.7. The van der Waals surface area contributed by atoms with E-state index in [0.29, 0.717) is 57.2 Å². The maximum Gasteiger partial charge on any atom is 0.245 e. The predicted octanol–water partition coefficient (Wildman–Crippen LogP) is -1.58. The molecule has 6 amide bonds. The summed E-state index contributed by atoms with van der Waals surface area (Å²) in [6.07, 6.45) is 4.19. The van der Waals surface area contributed by atoms with E-state index < -0.39 is 72.5 Å². The number of hydrogen-bond donors (Lipinski definition) is 10. The van der Waals surface area contributed by atoms with Crippen molar-refractivity contribution in [3.05, 3.63) is 42.1 Å². The van der Waals surface area contributed by atoms with Gasteiger partial charge in [0.1, 0.15) is 30.5 Å². The summed E-state index contributed by atoms with van der Waals surface area (Å²) in [6, 6.07) is 5.34. The van der Waals surface area contributed by atoms with Gasteiger partial charge >= 0.3 is 0 Å². The van der Waals surface area contributed by atoms with Crippen LogP contribution in [0.4, 0.5) is 0 Å². The van der Waals surface area contributed by atoms with Gasteiger partial charge in [-0.1, -0.05) is 51.1 Å². The number of nitrogens with zero attached hydrogens (tertiary/aromatic N) is 1. The molecule has 1 aromatic carbocycles. The van der Waals surface area contributed by atoms with Gasteiger partial charge in [0.25, 0.3) is 0 Å². The highest BCUT2D eigenvalue weighted by Gasteiger charge is 2.39. The molecule has 296 valence electrons. The molecule has 1 heterocycles. The molecule has 0 aromatic heterocycles. The zero-order valence-corrected chi connectivity index (χ0v) is 31.3. The molecule has 1 aliphatic rings. The van der Waals surface area contributed by atoms with E-state index in [-0.39, 0.29) is 31.2 Å². The number of nitrogens with two attached hydrogens (primary N) is 5. The first-order valence-electron chi connectivity index (χ1n) is 18.4. The molecule has 1 saturated heterocycles. The third kappa shape index (κ3) is 15.1. The first-order chi connectivity index (χ1) is 25.2. The van der Waals surface area contributed by atoms with Crippen molar-refractivity contribution < 1.29 is 28.8 Å². The highest BCUT2D eigenvalue weighted by Crippen LogP contribution is 2.22. The largest absolute Gasteiger partial charge is 0.404 e. The van der Waals surface area contributed by atoms with Crippen molar-refractivity contribution in [3.8, 4) is 0 Å². The van der Waals surface area contributed by atoms with E-state index >= 15 is 0 Å². The molecular formula is C36H61N11O6. The van der Waals surface area contributed by atoms with Crippen molar-refractivity contribution in [2.24, 2.45) is 40.5 Å².